The van der Waals surface area contributed by atoms with Gasteiger partial charge in [-0.3, -0.25) is 19.2 Å². The Labute approximate surface area is 168 Å². The smallest absolute Gasteiger partial charge is 0.326 e. The number of carbonyl (C=O) groups is 5. The second kappa shape index (κ2) is 9.68. The summed E-state index contributed by atoms with van der Waals surface area (Å²) in [4.78, 5) is 63.2. The predicted molar refractivity (Wildman–Crippen MR) is 101 cm³/mol. The Bertz CT molecular complexity index is 682. The van der Waals surface area contributed by atoms with Crippen LogP contribution >= 0.6 is 0 Å². The molecule has 2 rings (SSSR count). The molecule has 0 spiro atoms. The summed E-state index contributed by atoms with van der Waals surface area (Å²) in [6.45, 7) is 2.36. The fourth-order valence-electron chi connectivity index (χ4n) is 3.86. The minimum absolute atomic E-state index is 0.129. The standard InChI is InChI=1S/C18H29N5O6/c1-10(19)16(26)23-9-3-5-13(23)17(27)22-8-2-4-12(22)15(25)21-11(18(28)29)6-7-14(20)24/h10-13H,2-9,19H2,1H3,(H2,20,24)(H,21,25)(H,28,29). The van der Waals surface area contributed by atoms with Crippen molar-refractivity contribution in [1.82, 2.24) is 15.1 Å². The quantitative estimate of drug-likeness (QED) is 0.362. The first-order valence-corrected chi connectivity index (χ1v) is 9.81. The first-order chi connectivity index (χ1) is 13.6. The van der Waals surface area contributed by atoms with Gasteiger partial charge in [0.25, 0.3) is 0 Å². The van der Waals surface area contributed by atoms with E-state index in [-0.39, 0.29) is 24.7 Å². The van der Waals surface area contributed by atoms with Gasteiger partial charge in [0.2, 0.25) is 23.6 Å². The maximum Gasteiger partial charge on any atom is 0.326 e. The molecule has 0 aliphatic carbocycles. The third-order valence-corrected chi connectivity index (χ3v) is 5.34. The monoisotopic (exact) mass is 411 g/mol. The van der Waals surface area contributed by atoms with Gasteiger partial charge in [0.05, 0.1) is 6.04 Å². The summed E-state index contributed by atoms with van der Waals surface area (Å²) in [5.41, 5.74) is 10.7. The summed E-state index contributed by atoms with van der Waals surface area (Å²) in [5, 5.41) is 11.7. The lowest BCUT2D eigenvalue weighted by molar-refractivity contribution is -0.148. The number of nitrogens with one attached hydrogen (secondary N) is 1. The van der Waals surface area contributed by atoms with Crippen LogP contribution in [0.1, 0.15) is 45.4 Å². The molecule has 2 aliphatic heterocycles. The molecule has 11 heteroatoms. The van der Waals surface area contributed by atoms with Crippen molar-refractivity contribution in [3.63, 3.8) is 0 Å². The zero-order chi connectivity index (χ0) is 21.7. The molecule has 162 valence electrons. The van der Waals surface area contributed by atoms with Crippen LogP contribution in [0.3, 0.4) is 0 Å². The van der Waals surface area contributed by atoms with Crippen LogP contribution in [0.4, 0.5) is 0 Å². The molecule has 0 saturated carbocycles. The summed E-state index contributed by atoms with van der Waals surface area (Å²) >= 11 is 0. The number of rotatable bonds is 8. The zero-order valence-electron chi connectivity index (χ0n) is 16.5. The molecule has 2 heterocycles. The average Bonchev–Trinajstić information content (AvgIpc) is 3.32. The number of amides is 4. The number of aliphatic carboxylic acids is 1. The molecular weight excluding hydrogens is 382 g/mol. The maximum atomic E-state index is 13.1. The van der Waals surface area contributed by atoms with Crippen molar-refractivity contribution in [2.75, 3.05) is 13.1 Å². The molecule has 11 nitrogen and oxygen atoms in total. The SMILES string of the molecule is CC(N)C(=O)N1CCCC1C(=O)N1CCCC1C(=O)NC(CCC(N)=O)C(=O)O. The minimum atomic E-state index is -1.28. The van der Waals surface area contributed by atoms with E-state index in [0.717, 1.165) is 0 Å². The van der Waals surface area contributed by atoms with Crippen LogP contribution in [0.2, 0.25) is 0 Å². The molecule has 2 fully saturated rings. The summed E-state index contributed by atoms with van der Waals surface area (Å²) in [6.07, 6.45) is 1.86. The highest BCUT2D eigenvalue weighted by atomic mass is 16.4. The molecule has 0 aromatic carbocycles. The first kappa shape index (κ1) is 22.6. The lowest BCUT2D eigenvalue weighted by Crippen LogP contribution is -2.56. The minimum Gasteiger partial charge on any atom is -0.480 e. The number of carboxylic acids is 1. The van der Waals surface area contributed by atoms with Gasteiger partial charge < -0.3 is 31.7 Å². The molecule has 0 radical (unpaired) electrons. The predicted octanol–water partition coefficient (Wildman–Crippen LogP) is -1.85. The van der Waals surface area contributed by atoms with Crippen LogP contribution in [-0.4, -0.2) is 81.8 Å². The summed E-state index contributed by atoms with van der Waals surface area (Å²) in [7, 11) is 0. The Morgan fingerprint density at radius 1 is 1.07 bits per heavy atom. The van der Waals surface area contributed by atoms with Gasteiger partial charge in [-0.1, -0.05) is 0 Å². The van der Waals surface area contributed by atoms with Crippen molar-refractivity contribution >= 4 is 29.6 Å². The van der Waals surface area contributed by atoms with Crippen LogP contribution in [0, 0.1) is 0 Å². The van der Waals surface area contributed by atoms with Gasteiger partial charge >= 0.3 is 5.97 Å². The highest BCUT2D eigenvalue weighted by molar-refractivity contribution is 5.94. The van der Waals surface area contributed by atoms with Gasteiger partial charge in [0.15, 0.2) is 0 Å². The van der Waals surface area contributed by atoms with Gasteiger partial charge in [0.1, 0.15) is 18.1 Å². The Morgan fingerprint density at radius 3 is 2.21 bits per heavy atom. The molecule has 29 heavy (non-hydrogen) atoms. The molecule has 2 aliphatic rings. The van der Waals surface area contributed by atoms with E-state index >= 15 is 0 Å². The number of primary amides is 1. The number of hydrogen-bond donors (Lipinski definition) is 4. The maximum absolute atomic E-state index is 13.1. The normalized spacial score (nSPS) is 23.5. The fraction of sp³-hybridized carbons (Fsp3) is 0.722. The largest absolute Gasteiger partial charge is 0.480 e. The number of nitrogens with zero attached hydrogens (tertiary/aromatic N) is 2. The number of carboxylic acid groups (broad SMARTS) is 1. The second-order valence-corrected chi connectivity index (χ2v) is 7.57. The van der Waals surface area contributed by atoms with Crippen molar-refractivity contribution in [2.24, 2.45) is 11.5 Å². The van der Waals surface area contributed by atoms with E-state index in [1.807, 2.05) is 0 Å². The average molecular weight is 411 g/mol. The first-order valence-electron chi connectivity index (χ1n) is 9.81. The Kier molecular flexibility index (Phi) is 7.54. The van der Waals surface area contributed by atoms with Crippen molar-refractivity contribution in [3.8, 4) is 0 Å². The van der Waals surface area contributed by atoms with Crippen LogP contribution in [0.5, 0.6) is 0 Å². The van der Waals surface area contributed by atoms with Crippen LogP contribution in [-0.2, 0) is 24.0 Å². The lowest BCUT2D eigenvalue weighted by Gasteiger charge is -2.32. The van der Waals surface area contributed by atoms with E-state index < -0.39 is 42.0 Å². The Balaban J connectivity index is 2.07. The van der Waals surface area contributed by atoms with Crippen LogP contribution in [0.25, 0.3) is 0 Å². The molecule has 0 aromatic rings. The Morgan fingerprint density at radius 2 is 1.66 bits per heavy atom. The van der Waals surface area contributed by atoms with Gasteiger partial charge in [-0.15, -0.1) is 0 Å². The molecular formula is C18H29N5O6. The van der Waals surface area contributed by atoms with Gasteiger partial charge in [-0.05, 0) is 39.0 Å². The zero-order valence-corrected chi connectivity index (χ0v) is 16.5. The third-order valence-electron chi connectivity index (χ3n) is 5.34. The number of likely N-dealkylation sites (tertiary alicyclic amines) is 2. The van der Waals surface area contributed by atoms with Gasteiger partial charge in [0, 0.05) is 19.5 Å². The lowest BCUT2D eigenvalue weighted by atomic mass is 10.1. The molecule has 4 amide bonds. The Hall–Kier alpha value is -2.69. The van der Waals surface area contributed by atoms with E-state index in [4.69, 9.17) is 11.5 Å². The second-order valence-electron chi connectivity index (χ2n) is 7.57. The molecule has 4 unspecified atom stereocenters. The highest BCUT2D eigenvalue weighted by Gasteiger charge is 2.43. The summed E-state index contributed by atoms with van der Waals surface area (Å²) in [6, 6.07) is -3.46. The van der Waals surface area contributed by atoms with E-state index in [0.29, 0.717) is 38.8 Å². The van der Waals surface area contributed by atoms with E-state index in [2.05, 4.69) is 5.32 Å². The molecule has 4 atom stereocenters. The number of nitrogens with two attached hydrogens (primary N) is 2. The van der Waals surface area contributed by atoms with Crippen molar-refractivity contribution in [2.45, 2.75) is 69.6 Å². The van der Waals surface area contributed by atoms with E-state index in [1.54, 1.807) is 6.92 Å². The fourth-order valence-corrected chi connectivity index (χ4v) is 3.86. The van der Waals surface area contributed by atoms with Crippen molar-refractivity contribution in [3.05, 3.63) is 0 Å². The van der Waals surface area contributed by atoms with Gasteiger partial charge in [-0.25, -0.2) is 4.79 Å². The van der Waals surface area contributed by atoms with Crippen LogP contribution in [0.15, 0.2) is 0 Å². The molecule has 6 N–H and O–H groups in total. The van der Waals surface area contributed by atoms with Crippen molar-refractivity contribution < 1.29 is 29.1 Å². The number of carbonyl (C=O) groups excluding carboxylic acids is 4. The highest BCUT2D eigenvalue weighted by Crippen LogP contribution is 2.25. The van der Waals surface area contributed by atoms with Gasteiger partial charge in [-0.2, -0.15) is 0 Å². The topological polar surface area (TPSA) is 176 Å². The van der Waals surface area contributed by atoms with E-state index in [1.165, 1.54) is 9.80 Å². The summed E-state index contributed by atoms with van der Waals surface area (Å²) in [5.74, 6) is -3.16. The number of hydrogen-bond acceptors (Lipinski definition) is 6. The molecule has 2 saturated heterocycles. The van der Waals surface area contributed by atoms with Crippen molar-refractivity contribution in [1.29, 1.82) is 0 Å². The third kappa shape index (κ3) is 5.43. The molecule has 0 aromatic heterocycles. The molecule has 0 bridgehead atoms. The van der Waals surface area contributed by atoms with Crippen LogP contribution < -0.4 is 16.8 Å². The summed E-state index contributed by atoms with van der Waals surface area (Å²) < 4.78 is 0. The van der Waals surface area contributed by atoms with E-state index in [9.17, 15) is 29.1 Å².